The number of nitrogens with one attached hydrogen (secondary N) is 2. The van der Waals surface area contributed by atoms with Crippen LogP contribution in [0.1, 0.15) is 31.4 Å². The first kappa shape index (κ1) is 22.9. The van der Waals surface area contributed by atoms with Crippen LogP contribution in [0.5, 0.6) is 0 Å². The summed E-state index contributed by atoms with van der Waals surface area (Å²) in [5.41, 5.74) is 2.92. The topological polar surface area (TPSA) is 84.9 Å². The van der Waals surface area contributed by atoms with Crippen molar-refractivity contribution in [1.82, 2.24) is 15.1 Å². The zero-order chi connectivity index (χ0) is 22.4. The number of urea groups is 2. The van der Waals surface area contributed by atoms with Gasteiger partial charge >= 0.3 is 12.1 Å². The number of hydrogen-bond donors (Lipinski definition) is 3. The van der Waals surface area contributed by atoms with Gasteiger partial charge in [-0.1, -0.05) is 49.7 Å². The van der Waals surface area contributed by atoms with Gasteiger partial charge in [0, 0.05) is 23.9 Å². The summed E-state index contributed by atoms with van der Waals surface area (Å²) in [5.74, 6) is 0.564. The fourth-order valence-corrected chi connectivity index (χ4v) is 3.60. The van der Waals surface area contributed by atoms with Crippen LogP contribution < -0.4 is 10.6 Å². The molecule has 0 saturated carbocycles. The molecule has 1 aliphatic rings. The van der Waals surface area contributed by atoms with Gasteiger partial charge in [-0.25, -0.2) is 14.5 Å². The molecule has 4 amide bonds. The Balaban J connectivity index is 1.80. The van der Waals surface area contributed by atoms with E-state index >= 15 is 0 Å². The maximum atomic E-state index is 13.1. The molecule has 0 spiro atoms. The average Bonchev–Trinajstić information content (AvgIpc) is 2.73. The first-order chi connectivity index (χ1) is 14.9. The Morgan fingerprint density at radius 2 is 1.71 bits per heavy atom. The number of nitrogens with zero attached hydrogens (tertiary/aromatic N) is 2. The highest BCUT2D eigenvalue weighted by Gasteiger charge is 2.38. The van der Waals surface area contributed by atoms with Gasteiger partial charge in [0.15, 0.2) is 6.29 Å². The van der Waals surface area contributed by atoms with Gasteiger partial charge in [-0.2, -0.15) is 0 Å². The molecule has 0 radical (unpaired) electrons. The first-order valence-corrected chi connectivity index (χ1v) is 10.8. The molecule has 1 heterocycles. The molecule has 3 rings (SSSR count). The third-order valence-electron chi connectivity index (χ3n) is 5.00. The van der Waals surface area contributed by atoms with Crippen LogP contribution in [0.2, 0.25) is 5.02 Å². The lowest BCUT2D eigenvalue weighted by molar-refractivity contribution is 0.104. The Kier molecular flexibility index (Phi) is 7.76. The molecule has 8 heteroatoms. The summed E-state index contributed by atoms with van der Waals surface area (Å²) < 4.78 is 0. The number of rotatable bonds is 9. The predicted molar refractivity (Wildman–Crippen MR) is 122 cm³/mol. The first-order valence-electron chi connectivity index (χ1n) is 10.5. The molecule has 0 aromatic heterocycles. The molecular weight excluding hydrogens is 416 g/mol. The molecule has 1 unspecified atom stereocenters. The van der Waals surface area contributed by atoms with E-state index in [-0.39, 0.29) is 19.7 Å². The number of carbonyl (C=O) groups excluding carboxylic acids is 2. The van der Waals surface area contributed by atoms with Gasteiger partial charge in [0.1, 0.15) is 0 Å². The number of halogens is 1. The van der Waals surface area contributed by atoms with Gasteiger partial charge in [0.25, 0.3) is 0 Å². The number of benzene rings is 2. The summed E-state index contributed by atoms with van der Waals surface area (Å²) >= 11 is 5.98. The van der Waals surface area contributed by atoms with Crippen molar-refractivity contribution in [2.24, 2.45) is 5.92 Å². The van der Waals surface area contributed by atoms with Crippen molar-refractivity contribution in [2.75, 3.05) is 18.5 Å². The van der Waals surface area contributed by atoms with E-state index in [9.17, 15) is 9.59 Å². The van der Waals surface area contributed by atoms with E-state index in [2.05, 4.69) is 24.5 Å². The number of hydrogen-bond acceptors (Lipinski definition) is 4. The second-order valence-corrected chi connectivity index (χ2v) is 8.49. The minimum atomic E-state index is -0.711. The molecule has 2 aromatic carbocycles. The van der Waals surface area contributed by atoms with Crippen molar-refractivity contribution in [1.29, 1.82) is 0 Å². The highest BCUT2D eigenvalue weighted by Crippen LogP contribution is 2.20. The number of amides is 4. The summed E-state index contributed by atoms with van der Waals surface area (Å²) in [6, 6.07) is 14.3. The Morgan fingerprint density at radius 1 is 1.06 bits per heavy atom. The molecule has 0 bridgehead atoms. The van der Waals surface area contributed by atoms with Crippen LogP contribution in [-0.2, 0) is 13.0 Å². The summed E-state index contributed by atoms with van der Waals surface area (Å²) in [7, 11) is 0. The number of carbonyl (C=O) groups is 2. The standard InChI is InChI=1S/C23H29ClN4O3/c1-16(2)14-17-6-10-20(11-7-17)25-21-26-22(30)27(12-3-13-29)23(31)28(21)15-18-4-8-19(24)9-5-18/h4-11,16,21,25,29H,3,12-15H2,1-2H3,(H,26,30). The van der Waals surface area contributed by atoms with Crippen LogP contribution >= 0.6 is 11.6 Å². The quantitative estimate of drug-likeness (QED) is 0.539. The van der Waals surface area contributed by atoms with Gasteiger partial charge in [0.05, 0.1) is 6.54 Å². The van der Waals surface area contributed by atoms with Crippen LogP contribution in [-0.4, -0.2) is 46.4 Å². The molecular formula is C23H29ClN4O3. The Bertz CT molecular complexity index is 887. The number of aliphatic hydroxyl groups is 1. The maximum Gasteiger partial charge on any atom is 0.331 e. The zero-order valence-electron chi connectivity index (χ0n) is 17.8. The van der Waals surface area contributed by atoms with E-state index in [4.69, 9.17) is 16.7 Å². The summed E-state index contributed by atoms with van der Waals surface area (Å²) in [6.07, 6.45) is 0.599. The largest absolute Gasteiger partial charge is 0.396 e. The number of anilines is 1. The zero-order valence-corrected chi connectivity index (χ0v) is 18.6. The second-order valence-electron chi connectivity index (χ2n) is 8.06. The molecule has 0 aliphatic carbocycles. The van der Waals surface area contributed by atoms with E-state index in [1.807, 2.05) is 36.4 Å². The van der Waals surface area contributed by atoms with Crippen LogP contribution in [0.15, 0.2) is 48.5 Å². The minimum absolute atomic E-state index is 0.0986. The third kappa shape index (κ3) is 6.12. The Hall–Kier alpha value is -2.77. The van der Waals surface area contributed by atoms with Crippen LogP contribution in [0, 0.1) is 5.92 Å². The van der Waals surface area contributed by atoms with Crippen LogP contribution in [0.25, 0.3) is 0 Å². The lowest BCUT2D eigenvalue weighted by Crippen LogP contribution is -2.67. The third-order valence-corrected chi connectivity index (χ3v) is 5.25. The van der Waals surface area contributed by atoms with Gasteiger partial charge in [-0.3, -0.25) is 10.2 Å². The summed E-state index contributed by atoms with van der Waals surface area (Å²) in [6.45, 7) is 4.68. The normalized spacial score (nSPS) is 16.6. The van der Waals surface area contributed by atoms with Gasteiger partial charge < -0.3 is 10.4 Å². The van der Waals surface area contributed by atoms with Crippen molar-refractivity contribution < 1.29 is 14.7 Å². The van der Waals surface area contributed by atoms with Crippen LogP contribution in [0.4, 0.5) is 15.3 Å². The molecule has 1 fully saturated rings. The lowest BCUT2D eigenvalue weighted by atomic mass is 10.0. The van der Waals surface area contributed by atoms with Crippen molar-refractivity contribution in [3.8, 4) is 0 Å². The molecule has 3 N–H and O–H groups in total. The number of imide groups is 1. The monoisotopic (exact) mass is 444 g/mol. The average molecular weight is 445 g/mol. The number of aliphatic hydroxyl groups excluding tert-OH is 1. The lowest BCUT2D eigenvalue weighted by Gasteiger charge is -2.41. The highest BCUT2D eigenvalue weighted by molar-refractivity contribution is 6.30. The minimum Gasteiger partial charge on any atom is -0.396 e. The molecule has 1 atom stereocenters. The Labute approximate surface area is 188 Å². The summed E-state index contributed by atoms with van der Waals surface area (Å²) in [4.78, 5) is 28.4. The fraction of sp³-hybridized carbons (Fsp3) is 0.391. The molecule has 1 saturated heterocycles. The smallest absolute Gasteiger partial charge is 0.331 e. The molecule has 31 heavy (non-hydrogen) atoms. The van der Waals surface area contributed by atoms with Gasteiger partial charge in [-0.05, 0) is 54.2 Å². The van der Waals surface area contributed by atoms with E-state index < -0.39 is 18.4 Å². The maximum absolute atomic E-state index is 13.1. The van der Waals surface area contributed by atoms with E-state index in [0.717, 1.165) is 22.6 Å². The fourth-order valence-electron chi connectivity index (χ4n) is 3.48. The molecule has 166 valence electrons. The Morgan fingerprint density at radius 3 is 2.32 bits per heavy atom. The molecule has 1 aliphatic heterocycles. The van der Waals surface area contributed by atoms with Crippen molar-refractivity contribution in [3.05, 3.63) is 64.7 Å². The van der Waals surface area contributed by atoms with Gasteiger partial charge in [-0.15, -0.1) is 0 Å². The predicted octanol–water partition coefficient (Wildman–Crippen LogP) is 4.26. The van der Waals surface area contributed by atoms with E-state index in [0.29, 0.717) is 17.4 Å². The molecule has 2 aromatic rings. The second kappa shape index (κ2) is 10.5. The summed E-state index contributed by atoms with van der Waals surface area (Å²) in [5, 5.41) is 15.8. The van der Waals surface area contributed by atoms with Crippen LogP contribution in [0.3, 0.4) is 0 Å². The van der Waals surface area contributed by atoms with Gasteiger partial charge in [0.2, 0.25) is 0 Å². The van der Waals surface area contributed by atoms with E-state index in [1.54, 1.807) is 17.0 Å². The van der Waals surface area contributed by atoms with Crippen molar-refractivity contribution in [2.45, 2.75) is 39.5 Å². The van der Waals surface area contributed by atoms with Crippen molar-refractivity contribution >= 4 is 29.4 Å². The molecule has 7 nitrogen and oxygen atoms in total. The SMILES string of the molecule is CC(C)Cc1ccc(NC2NC(=O)N(CCCO)C(=O)N2Cc2ccc(Cl)cc2)cc1. The van der Waals surface area contributed by atoms with Crippen molar-refractivity contribution in [3.63, 3.8) is 0 Å². The van der Waals surface area contributed by atoms with E-state index in [1.165, 1.54) is 5.56 Å². The highest BCUT2D eigenvalue weighted by atomic mass is 35.5.